The summed E-state index contributed by atoms with van der Waals surface area (Å²) in [6.45, 7) is 1.99. The molecule has 0 aliphatic rings. The number of aromatic nitrogens is 3. The van der Waals surface area contributed by atoms with Gasteiger partial charge >= 0.3 is 0 Å². The van der Waals surface area contributed by atoms with Gasteiger partial charge in [0.05, 0.1) is 0 Å². The second-order valence-electron chi connectivity index (χ2n) is 4.60. The highest BCUT2D eigenvalue weighted by Crippen LogP contribution is 2.30. The van der Waals surface area contributed by atoms with Gasteiger partial charge in [0.15, 0.2) is 11.6 Å². The predicted molar refractivity (Wildman–Crippen MR) is 80.2 cm³/mol. The lowest BCUT2D eigenvalue weighted by Crippen LogP contribution is -2.13. The van der Waals surface area contributed by atoms with Gasteiger partial charge in [0, 0.05) is 23.5 Å². The smallest absolute Gasteiger partial charge is 0.160 e. The van der Waals surface area contributed by atoms with Crippen LogP contribution in [0.25, 0.3) is 22.6 Å². The maximum absolute atomic E-state index is 6.09. The normalized spacial score (nSPS) is 10.7. The lowest BCUT2D eigenvalue weighted by Gasteiger charge is -2.03. The average molecular weight is 265 g/mol. The number of hydrogen-bond acceptors (Lipinski definition) is 4. The van der Waals surface area contributed by atoms with Crippen LogP contribution in [0, 0.1) is 6.92 Å². The number of nitrogen functional groups attached to an aromatic ring is 2. The molecule has 3 aromatic rings. The minimum absolute atomic E-state index is 0.431. The molecule has 0 aliphatic heterocycles. The van der Waals surface area contributed by atoms with Gasteiger partial charge in [-0.05, 0) is 18.6 Å². The molecule has 0 radical (unpaired) electrons. The molecule has 5 heteroatoms. The predicted octanol–water partition coefficient (Wildman–Crippen LogP) is 2.22. The summed E-state index contributed by atoms with van der Waals surface area (Å²) in [5, 5.41) is 0. The Balaban J connectivity index is 2.19. The topological polar surface area (TPSA) is 82.8 Å². The lowest BCUT2D eigenvalue weighted by atomic mass is 10.1. The molecule has 2 aromatic heterocycles. The first kappa shape index (κ1) is 12.2. The number of nitrogens with two attached hydrogens (primary N) is 2. The van der Waals surface area contributed by atoms with Crippen molar-refractivity contribution in [3.8, 4) is 22.6 Å². The van der Waals surface area contributed by atoms with Crippen LogP contribution in [0.15, 0.2) is 48.8 Å². The highest BCUT2D eigenvalue weighted by Gasteiger charge is 2.17. The van der Waals surface area contributed by atoms with Gasteiger partial charge in [0.25, 0.3) is 0 Å². The van der Waals surface area contributed by atoms with Crippen LogP contribution in [-0.2, 0) is 0 Å². The van der Waals surface area contributed by atoms with E-state index in [2.05, 4.69) is 9.97 Å². The third-order valence-electron chi connectivity index (χ3n) is 3.27. The molecule has 0 atom stereocenters. The number of aryl methyl sites for hydroxylation is 1. The highest BCUT2D eigenvalue weighted by atomic mass is 15.4. The number of anilines is 1. The van der Waals surface area contributed by atoms with Crippen LogP contribution in [0.2, 0.25) is 0 Å². The van der Waals surface area contributed by atoms with Crippen molar-refractivity contribution in [1.82, 2.24) is 14.6 Å². The van der Waals surface area contributed by atoms with Gasteiger partial charge in [0.1, 0.15) is 5.69 Å². The van der Waals surface area contributed by atoms with E-state index in [1.165, 1.54) is 4.68 Å². The van der Waals surface area contributed by atoms with Gasteiger partial charge in [-0.3, -0.25) is 4.98 Å². The number of rotatable bonds is 2. The third-order valence-corrected chi connectivity index (χ3v) is 3.27. The second-order valence-corrected chi connectivity index (χ2v) is 4.60. The van der Waals surface area contributed by atoms with E-state index in [1.807, 2.05) is 43.3 Å². The SMILES string of the molecule is Cc1ccncc1-c1nc(-c2ccccc2)n(N)c1N. The van der Waals surface area contributed by atoms with E-state index in [-0.39, 0.29) is 0 Å². The number of nitrogens with zero attached hydrogens (tertiary/aromatic N) is 3. The summed E-state index contributed by atoms with van der Waals surface area (Å²) in [5.41, 5.74) is 9.63. The van der Waals surface area contributed by atoms with Crippen LogP contribution >= 0.6 is 0 Å². The van der Waals surface area contributed by atoms with Gasteiger partial charge in [-0.2, -0.15) is 0 Å². The number of benzene rings is 1. The van der Waals surface area contributed by atoms with E-state index in [4.69, 9.17) is 11.6 Å². The minimum atomic E-state index is 0.431. The summed E-state index contributed by atoms with van der Waals surface area (Å²) in [6.07, 6.45) is 3.50. The van der Waals surface area contributed by atoms with E-state index < -0.39 is 0 Å². The maximum Gasteiger partial charge on any atom is 0.160 e. The summed E-state index contributed by atoms with van der Waals surface area (Å²) in [7, 11) is 0. The van der Waals surface area contributed by atoms with Crippen molar-refractivity contribution in [2.75, 3.05) is 11.6 Å². The van der Waals surface area contributed by atoms with Crippen LogP contribution in [0.1, 0.15) is 5.56 Å². The Bertz CT molecular complexity index is 746. The molecule has 3 rings (SSSR count). The second kappa shape index (κ2) is 4.70. The first-order chi connectivity index (χ1) is 9.68. The van der Waals surface area contributed by atoms with E-state index in [0.29, 0.717) is 17.3 Å². The molecule has 0 unspecified atom stereocenters. The fourth-order valence-corrected chi connectivity index (χ4v) is 2.15. The van der Waals surface area contributed by atoms with Gasteiger partial charge in [-0.15, -0.1) is 0 Å². The largest absolute Gasteiger partial charge is 0.382 e. The first-order valence-electron chi connectivity index (χ1n) is 6.28. The number of imidazole rings is 1. The van der Waals surface area contributed by atoms with Gasteiger partial charge in [-0.1, -0.05) is 30.3 Å². The van der Waals surface area contributed by atoms with Gasteiger partial charge < -0.3 is 11.6 Å². The molecule has 0 fully saturated rings. The molecular formula is C15H15N5. The zero-order valence-electron chi connectivity index (χ0n) is 11.1. The average Bonchev–Trinajstić information content (AvgIpc) is 2.77. The van der Waals surface area contributed by atoms with Crippen LogP contribution < -0.4 is 11.6 Å². The van der Waals surface area contributed by atoms with Crippen molar-refractivity contribution in [1.29, 1.82) is 0 Å². The Hall–Kier alpha value is -2.82. The van der Waals surface area contributed by atoms with Crippen LogP contribution in [0.5, 0.6) is 0 Å². The molecule has 2 heterocycles. The maximum atomic E-state index is 6.09. The van der Waals surface area contributed by atoms with Crippen LogP contribution in [-0.4, -0.2) is 14.6 Å². The van der Waals surface area contributed by atoms with Crippen molar-refractivity contribution < 1.29 is 0 Å². The third kappa shape index (κ3) is 1.89. The molecule has 0 saturated heterocycles. The van der Waals surface area contributed by atoms with Crippen LogP contribution in [0.3, 0.4) is 0 Å². The van der Waals surface area contributed by atoms with Crippen molar-refractivity contribution in [3.63, 3.8) is 0 Å². The minimum Gasteiger partial charge on any atom is -0.382 e. The fourth-order valence-electron chi connectivity index (χ4n) is 2.15. The molecule has 0 spiro atoms. The lowest BCUT2D eigenvalue weighted by molar-refractivity contribution is 1.02. The Morgan fingerprint density at radius 1 is 1.10 bits per heavy atom. The molecule has 4 N–H and O–H groups in total. The molecule has 100 valence electrons. The van der Waals surface area contributed by atoms with Crippen molar-refractivity contribution >= 4 is 5.82 Å². The Labute approximate surface area is 116 Å². The number of pyridine rings is 1. The molecule has 0 aliphatic carbocycles. The molecule has 0 bridgehead atoms. The Kier molecular flexibility index (Phi) is 2.87. The van der Waals surface area contributed by atoms with Crippen molar-refractivity contribution in [2.24, 2.45) is 0 Å². The molecule has 20 heavy (non-hydrogen) atoms. The zero-order chi connectivity index (χ0) is 14.1. The van der Waals surface area contributed by atoms with Crippen molar-refractivity contribution in [3.05, 3.63) is 54.4 Å². The Morgan fingerprint density at radius 2 is 1.85 bits per heavy atom. The molecule has 1 aromatic carbocycles. The molecule has 0 saturated carbocycles. The number of hydrogen-bond donors (Lipinski definition) is 2. The van der Waals surface area contributed by atoms with E-state index in [1.54, 1.807) is 12.4 Å². The highest BCUT2D eigenvalue weighted by molar-refractivity contribution is 5.76. The van der Waals surface area contributed by atoms with Gasteiger partial charge in [0.2, 0.25) is 0 Å². The zero-order valence-corrected chi connectivity index (χ0v) is 11.1. The summed E-state index contributed by atoms with van der Waals surface area (Å²) in [6, 6.07) is 11.6. The quantitative estimate of drug-likeness (QED) is 0.696. The van der Waals surface area contributed by atoms with Gasteiger partial charge in [-0.25, -0.2) is 9.66 Å². The van der Waals surface area contributed by atoms with Crippen molar-refractivity contribution in [2.45, 2.75) is 6.92 Å². The Morgan fingerprint density at radius 3 is 2.55 bits per heavy atom. The summed E-state index contributed by atoms with van der Waals surface area (Å²) < 4.78 is 1.41. The van der Waals surface area contributed by atoms with E-state index in [9.17, 15) is 0 Å². The first-order valence-corrected chi connectivity index (χ1v) is 6.28. The molecule has 5 nitrogen and oxygen atoms in total. The van der Waals surface area contributed by atoms with E-state index in [0.717, 1.165) is 16.7 Å². The van der Waals surface area contributed by atoms with Crippen LogP contribution in [0.4, 0.5) is 5.82 Å². The fraction of sp³-hybridized carbons (Fsp3) is 0.0667. The summed E-state index contributed by atoms with van der Waals surface area (Å²) in [5.74, 6) is 7.10. The summed E-state index contributed by atoms with van der Waals surface area (Å²) in [4.78, 5) is 8.71. The summed E-state index contributed by atoms with van der Waals surface area (Å²) >= 11 is 0. The van der Waals surface area contributed by atoms with E-state index >= 15 is 0 Å². The monoisotopic (exact) mass is 265 g/mol. The standard InChI is InChI=1S/C15H15N5/c1-10-7-8-18-9-12(10)13-14(16)20(17)15(19-13)11-5-3-2-4-6-11/h2-9H,16-17H2,1H3. The molecule has 0 amide bonds. The molecular weight excluding hydrogens is 250 g/mol.